The molecule has 2 aliphatic rings. The van der Waals surface area contributed by atoms with Crippen molar-refractivity contribution < 1.29 is 9.53 Å². The van der Waals surface area contributed by atoms with E-state index < -0.39 is 0 Å². The second kappa shape index (κ2) is 7.56. The van der Waals surface area contributed by atoms with E-state index in [2.05, 4.69) is 52.8 Å². The fourth-order valence-corrected chi connectivity index (χ4v) is 3.30. The molecule has 0 unspecified atom stereocenters. The summed E-state index contributed by atoms with van der Waals surface area (Å²) in [5, 5.41) is 2.85. The molecule has 2 aliphatic heterocycles. The molecule has 0 bridgehead atoms. The molecule has 4 heteroatoms. The molecule has 2 aromatic rings. The lowest BCUT2D eigenvalue weighted by atomic mass is 10.0. The lowest BCUT2D eigenvalue weighted by molar-refractivity contribution is -0.123. The number of piperidine rings is 1. The van der Waals surface area contributed by atoms with E-state index in [0.717, 1.165) is 25.1 Å². The van der Waals surface area contributed by atoms with Gasteiger partial charge in [-0.05, 0) is 53.3 Å². The molecule has 0 aromatic heterocycles. The SMILES string of the molecule is O=C1CC[C@@H](Oc2ccc(Cc3ccc(C4=CC=NC4)cc3)cc2)CN1. The summed E-state index contributed by atoms with van der Waals surface area (Å²) in [6.45, 7) is 1.37. The Labute approximate surface area is 153 Å². The third kappa shape index (κ3) is 4.02. The zero-order valence-corrected chi connectivity index (χ0v) is 14.7. The average Bonchev–Trinajstić information content (AvgIpc) is 3.21. The molecule has 4 rings (SSSR count). The summed E-state index contributed by atoms with van der Waals surface area (Å²) < 4.78 is 5.95. The van der Waals surface area contributed by atoms with Crippen LogP contribution < -0.4 is 10.1 Å². The first-order valence-electron chi connectivity index (χ1n) is 9.07. The molecule has 132 valence electrons. The first-order chi connectivity index (χ1) is 12.8. The van der Waals surface area contributed by atoms with Crippen LogP contribution in [0.1, 0.15) is 29.5 Å². The van der Waals surface area contributed by atoms with Gasteiger partial charge < -0.3 is 10.1 Å². The van der Waals surface area contributed by atoms with Gasteiger partial charge in [0.05, 0.1) is 13.1 Å². The van der Waals surface area contributed by atoms with Crippen molar-refractivity contribution in [3.63, 3.8) is 0 Å². The number of hydrogen-bond acceptors (Lipinski definition) is 3. The van der Waals surface area contributed by atoms with Gasteiger partial charge >= 0.3 is 0 Å². The minimum atomic E-state index is 0.0694. The van der Waals surface area contributed by atoms with Crippen LogP contribution in [-0.2, 0) is 11.2 Å². The summed E-state index contributed by atoms with van der Waals surface area (Å²) in [6.07, 6.45) is 6.23. The maximum Gasteiger partial charge on any atom is 0.220 e. The third-order valence-corrected chi connectivity index (χ3v) is 4.82. The van der Waals surface area contributed by atoms with Gasteiger partial charge in [0.2, 0.25) is 5.91 Å². The zero-order valence-electron chi connectivity index (χ0n) is 14.7. The number of carbonyl (C=O) groups excluding carboxylic acids is 1. The number of allylic oxidation sites excluding steroid dienone is 1. The van der Waals surface area contributed by atoms with Crippen molar-refractivity contribution in [3.05, 3.63) is 71.3 Å². The predicted octanol–water partition coefficient (Wildman–Crippen LogP) is 3.40. The Kier molecular flexibility index (Phi) is 4.82. The van der Waals surface area contributed by atoms with Crippen LogP contribution >= 0.6 is 0 Å². The van der Waals surface area contributed by atoms with E-state index in [0.29, 0.717) is 13.0 Å². The number of aliphatic imine (C=N–C) groups is 1. The van der Waals surface area contributed by atoms with E-state index in [1.54, 1.807) is 0 Å². The minimum Gasteiger partial charge on any atom is -0.489 e. The summed E-state index contributed by atoms with van der Waals surface area (Å²) in [5.74, 6) is 0.974. The van der Waals surface area contributed by atoms with Crippen LogP contribution in [-0.4, -0.2) is 31.3 Å². The van der Waals surface area contributed by atoms with Gasteiger partial charge in [-0.3, -0.25) is 9.79 Å². The molecule has 1 fully saturated rings. The molecule has 0 spiro atoms. The molecule has 1 amide bonds. The molecular formula is C22H22N2O2. The Morgan fingerprint density at radius 1 is 1.04 bits per heavy atom. The van der Waals surface area contributed by atoms with Crippen LogP contribution in [0.15, 0.2) is 59.6 Å². The van der Waals surface area contributed by atoms with E-state index in [-0.39, 0.29) is 12.0 Å². The summed E-state index contributed by atoms with van der Waals surface area (Å²) in [5.41, 5.74) is 5.06. The van der Waals surface area contributed by atoms with Crippen molar-refractivity contribution in [2.24, 2.45) is 4.99 Å². The Hall–Kier alpha value is -2.88. The summed E-state index contributed by atoms with van der Waals surface area (Å²) in [6, 6.07) is 17.0. The smallest absolute Gasteiger partial charge is 0.220 e. The molecule has 1 saturated heterocycles. The van der Waals surface area contributed by atoms with Crippen molar-refractivity contribution in [1.82, 2.24) is 5.32 Å². The predicted molar refractivity (Wildman–Crippen MR) is 104 cm³/mol. The average molecular weight is 346 g/mol. The molecule has 2 heterocycles. The number of amides is 1. The van der Waals surface area contributed by atoms with Crippen LogP contribution in [0.25, 0.3) is 5.57 Å². The number of nitrogens with zero attached hydrogens (tertiary/aromatic N) is 1. The lowest BCUT2D eigenvalue weighted by Gasteiger charge is -2.23. The molecule has 1 N–H and O–H groups in total. The van der Waals surface area contributed by atoms with Crippen molar-refractivity contribution in [2.45, 2.75) is 25.4 Å². The van der Waals surface area contributed by atoms with E-state index in [4.69, 9.17) is 4.74 Å². The van der Waals surface area contributed by atoms with Gasteiger partial charge in [0.1, 0.15) is 11.9 Å². The molecule has 0 saturated carbocycles. The molecule has 0 radical (unpaired) electrons. The molecule has 0 aliphatic carbocycles. The Morgan fingerprint density at radius 3 is 2.38 bits per heavy atom. The van der Waals surface area contributed by atoms with E-state index >= 15 is 0 Å². The first kappa shape index (κ1) is 16.6. The Bertz CT molecular complexity index is 825. The lowest BCUT2D eigenvalue weighted by Crippen LogP contribution is -2.40. The maximum atomic E-state index is 11.2. The normalized spacial score (nSPS) is 19.2. The van der Waals surface area contributed by atoms with Crippen molar-refractivity contribution >= 4 is 17.7 Å². The number of ether oxygens (including phenoxy) is 1. The number of benzene rings is 2. The van der Waals surface area contributed by atoms with Crippen LogP contribution in [0, 0.1) is 0 Å². The summed E-state index contributed by atoms with van der Waals surface area (Å²) in [7, 11) is 0. The topological polar surface area (TPSA) is 50.7 Å². The van der Waals surface area contributed by atoms with Gasteiger partial charge in [-0.25, -0.2) is 0 Å². The van der Waals surface area contributed by atoms with Crippen LogP contribution in [0.4, 0.5) is 0 Å². The zero-order chi connectivity index (χ0) is 17.8. The van der Waals surface area contributed by atoms with E-state index in [9.17, 15) is 4.79 Å². The van der Waals surface area contributed by atoms with Crippen molar-refractivity contribution in [3.8, 4) is 5.75 Å². The van der Waals surface area contributed by atoms with Gasteiger partial charge in [0.15, 0.2) is 0 Å². The van der Waals surface area contributed by atoms with Crippen molar-refractivity contribution in [2.75, 3.05) is 13.1 Å². The second-order valence-corrected chi connectivity index (χ2v) is 6.78. The van der Waals surface area contributed by atoms with Gasteiger partial charge in [-0.15, -0.1) is 0 Å². The van der Waals surface area contributed by atoms with Crippen LogP contribution in [0.3, 0.4) is 0 Å². The highest BCUT2D eigenvalue weighted by Gasteiger charge is 2.19. The quantitative estimate of drug-likeness (QED) is 0.902. The summed E-state index contributed by atoms with van der Waals surface area (Å²) >= 11 is 0. The molecule has 26 heavy (non-hydrogen) atoms. The molecule has 2 aromatic carbocycles. The van der Waals surface area contributed by atoms with Crippen molar-refractivity contribution in [1.29, 1.82) is 0 Å². The van der Waals surface area contributed by atoms with Gasteiger partial charge in [-0.1, -0.05) is 36.4 Å². The van der Waals surface area contributed by atoms with Crippen LogP contribution in [0.2, 0.25) is 0 Å². The van der Waals surface area contributed by atoms with E-state index in [1.807, 2.05) is 18.3 Å². The molecular weight excluding hydrogens is 324 g/mol. The largest absolute Gasteiger partial charge is 0.489 e. The van der Waals surface area contributed by atoms with Gasteiger partial charge in [-0.2, -0.15) is 0 Å². The second-order valence-electron chi connectivity index (χ2n) is 6.78. The highest BCUT2D eigenvalue weighted by Crippen LogP contribution is 2.21. The minimum absolute atomic E-state index is 0.0694. The molecule has 1 atom stereocenters. The molecule has 4 nitrogen and oxygen atoms in total. The fourth-order valence-electron chi connectivity index (χ4n) is 3.30. The monoisotopic (exact) mass is 346 g/mol. The Morgan fingerprint density at radius 2 is 1.77 bits per heavy atom. The first-order valence-corrected chi connectivity index (χ1v) is 9.07. The fraction of sp³-hybridized carbons (Fsp3) is 0.273. The number of nitrogens with one attached hydrogen (secondary N) is 1. The van der Waals surface area contributed by atoms with E-state index in [1.165, 1.54) is 22.3 Å². The van der Waals surface area contributed by atoms with Crippen LogP contribution in [0.5, 0.6) is 5.75 Å². The highest BCUT2D eigenvalue weighted by molar-refractivity contribution is 5.89. The maximum absolute atomic E-state index is 11.2. The van der Waals surface area contributed by atoms with Gasteiger partial charge in [0.25, 0.3) is 0 Å². The number of carbonyl (C=O) groups is 1. The third-order valence-electron chi connectivity index (χ3n) is 4.82. The summed E-state index contributed by atoms with van der Waals surface area (Å²) in [4.78, 5) is 15.4. The standard InChI is InChI=1S/C22H22N2O2/c25-22-10-9-21(15-24-22)26-20-7-3-17(4-8-20)13-16-1-5-18(6-2-16)19-11-12-23-14-19/h1-8,11-12,21H,9-10,13-15H2,(H,24,25)/t21-/m1/s1. The number of hydrogen-bond donors (Lipinski definition) is 1. The Balaban J connectivity index is 1.34. The van der Waals surface area contributed by atoms with Gasteiger partial charge in [0, 0.05) is 12.6 Å². The highest BCUT2D eigenvalue weighted by atomic mass is 16.5. The number of rotatable bonds is 5.